The monoisotopic (exact) mass is 229 g/mol. The summed E-state index contributed by atoms with van der Waals surface area (Å²) in [6.45, 7) is 6.20. The van der Waals surface area contributed by atoms with Crippen LogP contribution >= 0.6 is 0 Å². The molecular formula is C13H27NO2. The molecule has 0 aromatic rings. The zero-order valence-corrected chi connectivity index (χ0v) is 11.0. The van der Waals surface area contributed by atoms with E-state index in [0.29, 0.717) is 0 Å². The first-order valence-electron chi connectivity index (χ1n) is 6.49. The van der Waals surface area contributed by atoms with Crippen LogP contribution in [0.25, 0.3) is 0 Å². The maximum Gasteiger partial charge on any atom is 0.0735 e. The summed E-state index contributed by atoms with van der Waals surface area (Å²) >= 11 is 0. The van der Waals surface area contributed by atoms with Gasteiger partial charge in [0, 0.05) is 12.0 Å². The number of rotatable bonds is 4. The number of nitrogens with zero attached hydrogens (tertiary/aromatic N) is 1. The topological polar surface area (TPSA) is 43.7 Å². The summed E-state index contributed by atoms with van der Waals surface area (Å²) in [5, 5.41) is 20.5. The molecule has 0 aromatic carbocycles. The van der Waals surface area contributed by atoms with Crippen molar-refractivity contribution in [1.29, 1.82) is 0 Å². The van der Waals surface area contributed by atoms with Crippen LogP contribution in [0.2, 0.25) is 0 Å². The van der Waals surface area contributed by atoms with Crippen LogP contribution < -0.4 is 0 Å². The first kappa shape index (κ1) is 13.9. The lowest BCUT2D eigenvalue weighted by Crippen LogP contribution is -2.49. The maximum atomic E-state index is 10.8. The number of aliphatic hydroxyl groups is 2. The predicted octanol–water partition coefficient (Wildman–Crippen LogP) is 1.63. The summed E-state index contributed by atoms with van der Waals surface area (Å²) in [5.74, 6) is 0. The van der Waals surface area contributed by atoms with Gasteiger partial charge in [0.05, 0.1) is 12.2 Å². The molecule has 1 rings (SSSR count). The smallest absolute Gasteiger partial charge is 0.0735 e. The van der Waals surface area contributed by atoms with E-state index in [1.807, 2.05) is 6.92 Å². The van der Waals surface area contributed by atoms with Crippen molar-refractivity contribution >= 4 is 0 Å². The van der Waals surface area contributed by atoms with Gasteiger partial charge >= 0.3 is 0 Å². The summed E-state index contributed by atoms with van der Waals surface area (Å²) in [6, 6.07) is 0. The molecule has 1 saturated heterocycles. The second-order valence-electron chi connectivity index (χ2n) is 5.66. The van der Waals surface area contributed by atoms with E-state index in [2.05, 4.69) is 18.9 Å². The Morgan fingerprint density at radius 3 is 2.56 bits per heavy atom. The Morgan fingerprint density at radius 2 is 2.00 bits per heavy atom. The van der Waals surface area contributed by atoms with Gasteiger partial charge in [-0.15, -0.1) is 0 Å². The molecule has 0 aliphatic carbocycles. The fourth-order valence-corrected chi connectivity index (χ4v) is 2.87. The van der Waals surface area contributed by atoms with Crippen molar-refractivity contribution in [2.24, 2.45) is 5.41 Å². The van der Waals surface area contributed by atoms with E-state index in [1.165, 1.54) is 0 Å². The number of likely N-dealkylation sites (tertiary alicyclic amines) is 1. The molecule has 3 nitrogen and oxygen atoms in total. The van der Waals surface area contributed by atoms with Gasteiger partial charge in [0.1, 0.15) is 0 Å². The minimum absolute atomic E-state index is 0.0844. The minimum atomic E-state index is -0.692. The van der Waals surface area contributed by atoms with Gasteiger partial charge in [0.25, 0.3) is 0 Å². The third-order valence-electron chi connectivity index (χ3n) is 4.31. The summed E-state index contributed by atoms with van der Waals surface area (Å²) in [6.07, 6.45) is 4.51. The third kappa shape index (κ3) is 2.76. The highest BCUT2D eigenvalue weighted by molar-refractivity contribution is 4.97. The van der Waals surface area contributed by atoms with Gasteiger partial charge in [0.15, 0.2) is 0 Å². The molecule has 0 spiro atoms. The van der Waals surface area contributed by atoms with Crippen LogP contribution in [0.5, 0.6) is 0 Å². The average Bonchev–Trinajstić information content (AvgIpc) is 2.42. The minimum Gasteiger partial charge on any atom is -0.396 e. The SMILES string of the molecule is CCCC(C)(CO)C1(O)CCCN(C)CC1. The van der Waals surface area contributed by atoms with Crippen LogP contribution in [-0.4, -0.2) is 47.5 Å². The molecule has 0 bridgehead atoms. The molecule has 1 heterocycles. The molecule has 0 radical (unpaired) electrons. The van der Waals surface area contributed by atoms with E-state index in [-0.39, 0.29) is 12.0 Å². The molecular weight excluding hydrogens is 202 g/mol. The molecule has 1 aliphatic rings. The van der Waals surface area contributed by atoms with E-state index < -0.39 is 5.60 Å². The van der Waals surface area contributed by atoms with Crippen molar-refractivity contribution < 1.29 is 10.2 Å². The molecule has 3 heteroatoms. The van der Waals surface area contributed by atoms with E-state index in [0.717, 1.165) is 45.2 Å². The van der Waals surface area contributed by atoms with E-state index >= 15 is 0 Å². The van der Waals surface area contributed by atoms with E-state index in [4.69, 9.17) is 0 Å². The Kier molecular flexibility index (Phi) is 4.77. The summed E-state index contributed by atoms with van der Waals surface area (Å²) in [7, 11) is 2.10. The van der Waals surface area contributed by atoms with Gasteiger partial charge in [-0.2, -0.15) is 0 Å². The first-order chi connectivity index (χ1) is 7.47. The lowest BCUT2D eigenvalue weighted by molar-refractivity contribution is -0.113. The van der Waals surface area contributed by atoms with Crippen LogP contribution in [0, 0.1) is 5.41 Å². The molecule has 2 atom stereocenters. The predicted molar refractivity (Wildman–Crippen MR) is 66.4 cm³/mol. The van der Waals surface area contributed by atoms with Gasteiger partial charge in [-0.1, -0.05) is 20.3 Å². The maximum absolute atomic E-state index is 10.8. The largest absolute Gasteiger partial charge is 0.396 e. The zero-order chi connectivity index (χ0) is 12.2. The third-order valence-corrected chi connectivity index (χ3v) is 4.31. The normalized spacial score (nSPS) is 32.1. The average molecular weight is 229 g/mol. The lowest BCUT2D eigenvalue weighted by Gasteiger charge is -2.44. The van der Waals surface area contributed by atoms with Crippen LogP contribution in [0.3, 0.4) is 0 Å². The van der Waals surface area contributed by atoms with Crippen LogP contribution in [0.15, 0.2) is 0 Å². The molecule has 1 fully saturated rings. The fourth-order valence-electron chi connectivity index (χ4n) is 2.87. The second kappa shape index (κ2) is 5.48. The number of aliphatic hydroxyl groups excluding tert-OH is 1. The zero-order valence-electron chi connectivity index (χ0n) is 11.0. The van der Waals surface area contributed by atoms with Crippen molar-refractivity contribution in [3.05, 3.63) is 0 Å². The molecule has 0 amide bonds. The Morgan fingerprint density at radius 1 is 1.31 bits per heavy atom. The Balaban J connectivity index is 2.79. The summed E-state index contributed by atoms with van der Waals surface area (Å²) < 4.78 is 0. The molecule has 0 aromatic heterocycles. The Labute approximate surface area is 99.5 Å². The highest BCUT2D eigenvalue weighted by atomic mass is 16.3. The van der Waals surface area contributed by atoms with E-state index in [1.54, 1.807) is 0 Å². The van der Waals surface area contributed by atoms with Crippen molar-refractivity contribution in [3.63, 3.8) is 0 Å². The standard InChI is InChI=1S/C13H27NO2/c1-4-6-12(2,11-15)13(16)7-5-9-14(3)10-8-13/h15-16H,4-11H2,1-3H3. The van der Waals surface area contributed by atoms with Crippen LogP contribution in [-0.2, 0) is 0 Å². The van der Waals surface area contributed by atoms with Crippen LogP contribution in [0.1, 0.15) is 46.0 Å². The molecule has 16 heavy (non-hydrogen) atoms. The molecule has 0 saturated carbocycles. The van der Waals surface area contributed by atoms with Gasteiger partial charge in [0.2, 0.25) is 0 Å². The van der Waals surface area contributed by atoms with Gasteiger partial charge in [-0.05, 0) is 39.3 Å². The number of hydrogen-bond donors (Lipinski definition) is 2. The quantitative estimate of drug-likeness (QED) is 0.770. The Hall–Kier alpha value is -0.120. The highest BCUT2D eigenvalue weighted by Gasteiger charge is 2.45. The van der Waals surface area contributed by atoms with Gasteiger partial charge in [-0.3, -0.25) is 0 Å². The number of hydrogen-bond acceptors (Lipinski definition) is 3. The fraction of sp³-hybridized carbons (Fsp3) is 1.00. The van der Waals surface area contributed by atoms with Crippen molar-refractivity contribution in [1.82, 2.24) is 4.90 Å². The van der Waals surface area contributed by atoms with Crippen molar-refractivity contribution in [3.8, 4) is 0 Å². The summed E-state index contributed by atoms with van der Waals surface area (Å²) in [5.41, 5.74) is -1.03. The lowest BCUT2D eigenvalue weighted by atomic mass is 9.67. The molecule has 2 unspecified atom stereocenters. The van der Waals surface area contributed by atoms with Gasteiger partial charge < -0.3 is 15.1 Å². The van der Waals surface area contributed by atoms with Gasteiger partial charge in [-0.25, -0.2) is 0 Å². The van der Waals surface area contributed by atoms with E-state index in [9.17, 15) is 10.2 Å². The molecule has 2 N–H and O–H groups in total. The van der Waals surface area contributed by atoms with Crippen molar-refractivity contribution in [2.45, 2.75) is 51.6 Å². The molecule has 1 aliphatic heterocycles. The summed E-state index contributed by atoms with van der Waals surface area (Å²) in [4.78, 5) is 2.27. The highest BCUT2D eigenvalue weighted by Crippen LogP contribution is 2.42. The second-order valence-corrected chi connectivity index (χ2v) is 5.66. The first-order valence-corrected chi connectivity index (χ1v) is 6.49. The Bertz CT molecular complexity index is 222. The van der Waals surface area contributed by atoms with Crippen molar-refractivity contribution in [2.75, 3.05) is 26.7 Å². The molecule has 96 valence electrons. The van der Waals surface area contributed by atoms with Crippen LogP contribution in [0.4, 0.5) is 0 Å².